The zero-order valence-electron chi connectivity index (χ0n) is 24.8. The second-order valence-corrected chi connectivity index (χ2v) is 12.9. The van der Waals surface area contributed by atoms with Crippen molar-refractivity contribution in [1.29, 1.82) is 0 Å². The Bertz CT molecular complexity index is 531. The van der Waals surface area contributed by atoms with Gasteiger partial charge in [-0.2, -0.15) is 0 Å². The molecule has 2 atom stereocenters. The van der Waals surface area contributed by atoms with E-state index in [1.165, 1.54) is 96.3 Å². The highest BCUT2D eigenvalue weighted by atomic mass is 31.2. The molecule has 0 rings (SSSR count). The second kappa shape index (κ2) is 22.9. The topological polar surface area (TPSA) is 71.1 Å². The van der Waals surface area contributed by atoms with Gasteiger partial charge in [-0.05, 0) is 20.0 Å². The molecular weight excluding hydrogens is 475 g/mol. The number of ether oxygens (including phenoxy) is 1. The van der Waals surface area contributed by atoms with E-state index in [1.54, 1.807) is 7.11 Å². The predicted octanol–water partition coefficient (Wildman–Crippen LogP) is 6.40. The smallest absolute Gasteiger partial charge is 0.268 e. The molecule has 0 saturated heterocycles. The van der Waals surface area contributed by atoms with Gasteiger partial charge < -0.3 is 23.2 Å². The Morgan fingerprint density at radius 1 is 0.750 bits per heavy atom. The van der Waals surface area contributed by atoms with E-state index in [4.69, 9.17) is 13.8 Å². The van der Waals surface area contributed by atoms with Crippen LogP contribution in [0.4, 0.5) is 0 Å². The maximum atomic E-state index is 12.1. The van der Waals surface area contributed by atoms with E-state index in [-0.39, 0.29) is 19.3 Å². The number of nitrogens with zero attached hydrogens (tertiary/aromatic N) is 2. The molecule has 0 aromatic carbocycles. The molecule has 0 fully saturated rings. The van der Waals surface area contributed by atoms with Crippen LogP contribution < -0.4 is 4.89 Å². The van der Waals surface area contributed by atoms with Gasteiger partial charge in [0.25, 0.3) is 7.82 Å². The molecule has 0 aliphatic carbocycles. The Labute approximate surface area is 224 Å². The Morgan fingerprint density at radius 3 is 1.61 bits per heavy atom. The summed E-state index contributed by atoms with van der Waals surface area (Å²) in [6, 6.07) is -0.115. The number of hydrogen-bond donors (Lipinski definition) is 0. The van der Waals surface area contributed by atoms with Crippen molar-refractivity contribution in [2.45, 2.75) is 116 Å². The number of phosphoric ester groups is 1. The molecule has 0 heterocycles. The van der Waals surface area contributed by atoms with Crippen LogP contribution in [0, 0.1) is 0 Å². The van der Waals surface area contributed by atoms with Gasteiger partial charge in [-0.25, -0.2) is 0 Å². The van der Waals surface area contributed by atoms with Gasteiger partial charge in [-0.1, -0.05) is 103 Å². The Hall–Kier alpha value is -0.0100. The third kappa shape index (κ3) is 24.3. The summed E-state index contributed by atoms with van der Waals surface area (Å²) in [4.78, 5) is 14.2. The summed E-state index contributed by atoms with van der Waals surface area (Å²) in [5, 5.41) is 0. The summed E-state index contributed by atoms with van der Waals surface area (Å²) in [6.07, 6.45) is 21.7. The molecule has 218 valence electrons. The number of phosphoric acid groups is 1. The lowest BCUT2D eigenvalue weighted by Crippen LogP contribution is -2.40. The third-order valence-electron chi connectivity index (χ3n) is 6.78. The van der Waals surface area contributed by atoms with Crippen molar-refractivity contribution in [3.8, 4) is 0 Å². The largest absolute Gasteiger partial charge is 0.756 e. The highest BCUT2D eigenvalue weighted by molar-refractivity contribution is 7.45. The van der Waals surface area contributed by atoms with Crippen molar-refractivity contribution in [2.24, 2.45) is 0 Å². The summed E-state index contributed by atoms with van der Waals surface area (Å²) in [5.74, 6) is 0. The van der Waals surface area contributed by atoms with Crippen LogP contribution in [0.3, 0.4) is 0 Å². The van der Waals surface area contributed by atoms with E-state index < -0.39 is 7.82 Å². The molecule has 0 amide bonds. The molecular formula is C28H61N2O5P. The van der Waals surface area contributed by atoms with Crippen molar-refractivity contribution in [3.63, 3.8) is 0 Å². The highest BCUT2D eigenvalue weighted by Crippen LogP contribution is 2.38. The van der Waals surface area contributed by atoms with E-state index >= 15 is 0 Å². The molecule has 0 aromatic heterocycles. The Balaban J connectivity index is 3.78. The Morgan fingerprint density at radius 2 is 1.19 bits per heavy atom. The van der Waals surface area contributed by atoms with E-state index in [1.807, 2.05) is 28.2 Å². The zero-order valence-corrected chi connectivity index (χ0v) is 25.7. The van der Waals surface area contributed by atoms with Gasteiger partial charge in [0.1, 0.15) is 13.2 Å². The summed E-state index contributed by atoms with van der Waals surface area (Å²) in [6.45, 7) is 4.37. The third-order valence-corrected chi connectivity index (χ3v) is 7.75. The summed E-state index contributed by atoms with van der Waals surface area (Å²) in [7, 11) is 5.30. The van der Waals surface area contributed by atoms with Gasteiger partial charge in [-0.15, -0.1) is 0 Å². The van der Waals surface area contributed by atoms with Crippen molar-refractivity contribution < 1.29 is 27.7 Å². The maximum Gasteiger partial charge on any atom is 0.268 e. The van der Waals surface area contributed by atoms with Crippen LogP contribution in [0.25, 0.3) is 0 Å². The lowest BCUT2D eigenvalue weighted by atomic mass is 10.0. The summed E-state index contributed by atoms with van der Waals surface area (Å²) in [5.41, 5.74) is 0. The molecule has 7 nitrogen and oxygen atoms in total. The van der Waals surface area contributed by atoms with Gasteiger partial charge in [0.05, 0.1) is 40.4 Å². The average Bonchev–Trinajstić information content (AvgIpc) is 2.80. The molecule has 36 heavy (non-hydrogen) atoms. The molecule has 0 aliphatic heterocycles. The van der Waals surface area contributed by atoms with Crippen molar-refractivity contribution in [1.82, 2.24) is 4.90 Å². The number of hydrogen-bond acceptors (Lipinski definition) is 6. The van der Waals surface area contributed by atoms with Gasteiger partial charge in [0.15, 0.2) is 0 Å². The monoisotopic (exact) mass is 536 g/mol. The van der Waals surface area contributed by atoms with Crippen LogP contribution in [-0.2, 0) is 18.3 Å². The van der Waals surface area contributed by atoms with E-state index in [9.17, 15) is 9.46 Å². The number of unbranched alkanes of at least 4 members (excludes halogenated alkanes) is 15. The van der Waals surface area contributed by atoms with Crippen LogP contribution in [0.2, 0.25) is 0 Å². The molecule has 1 unspecified atom stereocenters. The standard InChI is InChI=1S/C28H61N2O5P/c1-7-8-9-10-11-12-13-14-15-16-17-18-19-20-21-22-23-29(2)28(26-33-6)27-35-36(31,32)34-25-24-30(3,4)5/h28H,7-27H2,1-6H3/t28-/m1/s1. The first-order valence-corrected chi connectivity index (χ1v) is 16.2. The first-order chi connectivity index (χ1) is 17.1. The summed E-state index contributed by atoms with van der Waals surface area (Å²) < 4.78 is 28.2. The molecule has 0 saturated carbocycles. The van der Waals surface area contributed by atoms with Crippen LogP contribution in [0.5, 0.6) is 0 Å². The number of quaternary nitrogens is 1. The fourth-order valence-corrected chi connectivity index (χ4v) is 4.96. The van der Waals surface area contributed by atoms with Crippen molar-refractivity contribution in [2.75, 3.05) is 68.2 Å². The molecule has 0 N–H and O–H groups in total. The predicted molar refractivity (Wildman–Crippen MR) is 150 cm³/mol. The number of methoxy groups -OCH3 is 1. The number of rotatable bonds is 27. The van der Waals surface area contributed by atoms with Gasteiger partial charge in [-0.3, -0.25) is 9.46 Å². The molecule has 0 aliphatic rings. The van der Waals surface area contributed by atoms with Gasteiger partial charge >= 0.3 is 0 Å². The second-order valence-electron chi connectivity index (χ2n) is 11.5. The van der Waals surface area contributed by atoms with Crippen LogP contribution in [-0.4, -0.2) is 83.6 Å². The Kier molecular flexibility index (Phi) is 22.9. The first-order valence-electron chi connectivity index (χ1n) is 14.7. The molecule has 8 heteroatoms. The first kappa shape index (κ1) is 36.0. The van der Waals surface area contributed by atoms with Crippen LogP contribution >= 0.6 is 7.82 Å². The fourth-order valence-electron chi connectivity index (χ4n) is 4.23. The van der Waals surface area contributed by atoms with E-state index in [2.05, 4.69) is 11.8 Å². The number of likely N-dealkylation sites (N-methyl/N-ethyl adjacent to an activating group) is 2. The van der Waals surface area contributed by atoms with E-state index in [0.29, 0.717) is 17.6 Å². The SMILES string of the molecule is CCCCCCCCCCCCCCCCCCN(C)[C@H](COC)COP(=O)([O-])OCC[N+](C)(C)C. The molecule has 0 radical (unpaired) electrons. The minimum Gasteiger partial charge on any atom is -0.756 e. The molecule has 0 bridgehead atoms. The lowest BCUT2D eigenvalue weighted by molar-refractivity contribution is -0.870. The van der Waals surface area contributed by atoms with Gasteiger partial charge in [0, 0.05) is 7.11 Å². The fraction of sp³-hybridized carbons (Fsp3) is 1.00. The quantitative estimate of drug-likeness (QED) is 0.0687. The van der Waals surface area contributed by atoms with E-state index in [0.717, 1.165) is 13.0 Å². The highest BCUT2D eigenvalue weighted by Gasteiger charge is 2.19. The van der Waals surface area contributed by atoms with Crippen LogP contribution in [0.15, 0.2) is 0 Å². The molecule has 0 spiro atoms. The summed E-state index contributed by atoms with van der Waals surface area (Å²) >= 11 is 0. The van der Waals surface area contributed by atoms with Crippen LogP contribution in [0.1, 0.15) is 110 Å². The van der Waals surface area contributed by atoms with Gasteiger partial charge in [0.2, 0.25) is 0 Å². The zero-order chi connectivity index (χ0) is 27.1. The average molecular weight is 537 g/mol. The van der Waals surface area contributed by atoms with Crippen molar-refractivity contribution >= 4 is 7.82 Å². The lowest BCUT2D eigenvalue weighted by Gasteiger charge is -2.31. The molecule has 0 aromatic rings. The van der Waals surface area contributed by atoms with Crippen molar-refractivity contribution in [3.05, 3.63) is 0 Å². The maximum absolute atomic E-state index is 12.1. The minimum atomic E-state index is -4.30. The minimum absolute atomic E-state index is 0.0500. The normalized spacial score (nSPS) is 14.9.